The summed E-state index contributed by atoms with van der Waals surface area (Å²) in [7, 11) is 0. The molecule has 0 spiro atoms. The summed E-state index contributed by atoms with van der Waals surface area (Å²) in [4.78, 5) is 0. The molecule has 2 unspecified atom stereocenters. The molecule has 0 amide bonds. The van der Waals surface area contributed by atoms with Crippen molar-refractivity contribution in [3.05, 3.63) is 130 Å². The molecule has 4 aromatic rings. The molecule has 214 valence electrons. The molecule has 0 fully saturated rings. The Balaban J connectivity index is 1.48. The summed E-state index contributed by atoms with van der Waals surface area (Å²) in [5.41, 5.74) is 14.1. The Kier molecular flexibility index (Phi) is 7.42. The zero-order valence-electron chi connectivity index (χ0n) is 26.7. The van der Waals surface area contributed by atoms with Crippen molar-refractivity contribution in [1.29, 1.82) is 0 Å². The van der Waals surface area contributed by atoms with Crippen molar-refractivity contribution in [1.82, 2.24) is 0 Å². The Hall–Kier alpha value is -2.90. The fourth-order valence-corrected chi connectivity index (χ4v) is 27.2. The van der Waals surface area contributed by atoms with Crippen molar-refractivity contribution in [3.8, 4) is 22.3 Å². The van der Waals surface area contributed by atoms with Crippen molar-refractivity contribution in [2.45, 2.75) is 70.1 Å². The van der Waals surface area contributed by atoms with E-state index in [2.05, 4.69) is 160 Å². The minimum absolute atomic E-state index is 0.476. The van der Waals surface area contributed by atoms with E-state index in [-0.39, 0.29) is 0 Å². The van der Waals surface area contributed by atoms with E-state index in [0.29, 0.717) is 19.2 Å². The maximum absolute atomic E-state index is 3.89. The number of hydrogen-bond donors (Lipinski definition) is 0. The zero-order valence-corrected chi connectivity index (χ0v) is 30.3. The maximum atomic E-state index is 2.73. The van der Waals surface area contributed by atoms with Crippen LogP contribution in [-0.2, 0) is 18.0 Å². The second kappa shape index (κ2) is 10.7. The minimum atomic E-state index is -3.89. The average Bonchev–Trinajstić information content (AvgIpc) is 3.63. The standard InChI is InChI=1S/2C18H17.C3H6.2CH3.Hf/c2*1-13(2)15-8-3-9-16(12-15)18-11-5-7-14-6-4-10-17(14)18;1-3-2;;;/h2*3-13H,1-2H3;1-2H3;2*1H3;. The van der Waals surface area contributed by atoms with E-state index in [1.54, 1.807) is 3.26 Å². The summed E-state index contributed by atoms with van der Waals surface area (Å²) in [6, 6.07) is 32.5. The van der Waals surface area contributed by atoms with Gasteiger partial charge in [-0.25, -0.2) is 0 Å². The van der Waals surface area contributed by atoms with Crippen LogP contribution in [0.1, 0.15) is 94.1 Å². The van der Waals surface area contributed by atoms with Gasteiger partial charge in [0.25, 0.3) is 0 Å². The van der Waals surface area contributed by atoms with Gasteiger partial charge in [-0.1, -0.05) is 0 Å². The van der Waals surface area contributed by atoms with E-state index >= 15 is 0 Å². The molecule has 0 radical (unpaired) electrons. The second-order valence-electron chi connectivity index (χ2n) is 14.5. The van der Waals surface area contributed by atoms with Gasteiger partial charge in [0.2, 0.25) is 0 Å². The van der Waals surface area contributed by atoms with Crippen LogP contribution in [0.5, 0.6) is 0 Å². The topological polar surface area (TPSA) is 0 Å². The van der Waals surface area contributed by atoms with Gasteiger partial charge in [-0.05, 0) is 0 Å². The van der Waals surface area contributed by atoms with Crippen molar-refractivity contribution >= 4 is 15.4 Å². The van der Waals surface area contributed by atoms with Gasteiger partial charge in [-0.2, -0.15) is 0 Å². The van der Waals surface area contributed by atoms with Gasteiger partial charge in [-0.3, -0.25) is 0 Å². The van der Waals surface area contributed by atoms with Gasteiger partial charge in [0.05, 0.1) is 0 Å². The molecule has 2 atom stereocenters. The first kappa shape index (κ1) is 29.2. The van der Waals surface area contributed by atoms with Gasteiger partial charge in [0, 0.05) is 0 Å². The SMILES string of the molecule is C[C](C)=[Hf]([CH3])([CH3])([CH]1C=Cc2c(-c3cccc(C(C)C)c3)cccc21)[CH]1C=Cc2c(-c3cccc(C(C)C)c3)cccc21. The molecule has 6 rings (SSSR count). The van der Waals surface area contributed by atoms with Gasteiger partial charge < -0.3 is 0 Å². The Morgan fingerprint density at radius 1 is 0.571 bits per heavy atom. The van der Waals surface area contributed by atoms with E-state index in [9.17, 15) is 0 Å². The van der Waals surface area contributed by atoms with E-state index in [4.69, 9.17) is 0 Å². The molecule has 4 aromatic carbocycles. The summed E-state index contributed by atoms with van der Waals surface area (Å²) in [6.45, 7) is 14.0. The number of allylic oxidation sites excluding steroid dienone is 2. The van der Waals surface area contributed by atoms with Crippen LogP contribution < -0.4 is 0 Å². The molecular weight excluding hydrogens is 671 g/mol. The number of benzene rings is 4. The third-order valence-electron chi connectivity index (χ3n) is 11.1. The second-order valence-corrected chi connectivity index (χ2v) is 41.3. The zero-order chi connectivity index (χ0) is 29.8. The Bertz CT molecular complexity index is 1690. The van der Waals surface area contributed by atoms with Crippen molar-refractivity contribution in [3.63, 3.8) is 0 Å². The molecular formula is C41H46Hf. The van der Waals surface area contributed by atoms with Crippen LogP contribution in [0.15, 0.2) is 97.1 Å². The van der Waals surface area contributed by atoms with Crippen molar-refractivity contribution in [2.75, 3.05) is 0 Å². The van der Waals surface area contributed by atoms with Crippen LogP contribution in [0, 0.1) is 0 Å². The van der Waals surface area contributed by atoms with Gasteiger partial charge in [0.1, 0.15) is 0 Å². The molecule has 2 aliphatic carbocycles. The van der Waals surface area contributed by atoms with E-state index in [0.717, 1.165) is 0 Å². The summed E-state index contributed by atoms with van der Waals surface area (Å²) in [5.74, 6) is 1.04. The predicted octanol–water partition coefficient (Wildman–Crippen LogP) is 12.1. The van der Waals surface area contributed by atoms with Gasteiger partial charge >= 0.3 is 256 Å². The summed E-state index contributed by atoms with van der Waals surface area (Å²) < 4.78 is 8.10. The fraction of sp³-hybridized carbons (Fsp3) is 0.293. The number of hydrogen-bond acceptors (Lipinski definition) is 0. The molecule has 42 heavy (non-hydrogen) atoms. The Morgan fingerprint density at radius 3 is 1.36 bits per heavy atom. The van der Waals surface area contributed by atoms with Crippen LogP contribution in [0.2, 0.25) is 9.36 Å². The first-order valence-corrected chi connectivity index (χ1v) is 29.0. The number of rotatable bonds is 6. The Labute approximate surface area is 254 Å². The van der Waals surface area contributed by atoms with Crippen LogP contribution in [-0.4, -0.2) is 3.26 Å². The van der Waals surface area contributed by atoms with Crippen LogP contribution >= 0.6 is 0 Å². The van der Waals surface area contributed by atoms with E-state index in [1.165, 1.54) is 55.6 Å². The summed E-state index contributed by atoms with van der Waals surface area (Å²) in [5, 5.41) is 0. The quantitative estimate of drug-likeness (QED) is 0.174. The first-order chi connectivity index (χ1) is 20.0. The molecule has 0 heterocycles. The van der Waals surface area contributed by atoms with Gasteiger partial charge in [0.15, 0.2) is 0 Å². The van der Waals surface area contributed by atoms with Crippen molar-refractivity contribution < 1.29 is 18.0 Å². The normalized spacial score (nSPS) is 17.7. The number of fused-ring (bicyclic) bond motifs is 2. The van der Waals surface area contributed by atoms with Crippen LogP contribution in [0.4, 0.5) is 0 Å². The Morgan fingerprint density at radius 2 is 0.976 bits per heavy atom. The molecule has 0 aromatic heterocycles. The molecule has 1 heteroatoms. The van der Waals surface area contributed by atoms with Crippen LogP contribution in [0.3, 0.4) is 0 Å². The molecule has 0 saturated heterocycles. The molecule has 0 bridgehead atoms. The molecule has 0 N–H and O–H groups in total. The van der Waals surface area contributed by atoms with Crippen LogP contribution in [0.25, 0.3) is 34.4 Å². The third-order valence-corrected chi connectivity index (χ3v) is 39.8. The molecule has 0 aliphatic heterocycles. The monoisotopic (exact) mass is 718 g/mol. The van der Waals surface area contributed by atoms with Gasteiger partial charge in [-0.15, -0.1) is 0 Å². The molecule has 0 saturated carbocycles. The molecule has 2 aliphatic rings. The third kappa shape index (κ3) is 4.55. The molecule has 0 nitrogen and oxygen atoms in total. The predicted molar refractivity (Wildman–Crippen MR) is 184 cm³/mol. The van der Waals surface area contributed by atoms with E-state index < -0.39 is 18.0 Å². The first-order valence-electron chi connectivity index (χ1n) is 15.8. The average molecular weight is 717 g/mol. The fourth-order valence-electron chi connectivity index (χ4n) is 7.67. The summed E-state index contributed by atoms with van der Waals surface area (Å²) in [6.07, 6.45) is 10.1. The summed E-state index contributed by atoms with van der Waals surface area (Å²) >= 11 is -3.89. The van der Waals surface area contributed by atoms with Crippen molar-refractivity contribution in [2.24, 2.45) is 0 Å². The van der Waals surface area contributed by atoms with E-state index in [1.807, 2.05) is 0 Å².